The maximum atomic E-state index is 12.3. The van der Waals surface area contributed by atoms with E-state index >= 15 is 0 Å². The van der Waals surface area contributed by atoms with Crippen LogP contribution in [0.1, 0.15) is 5.56 Å². The Bertz CT molecular complexity index is 528. The summed E-state index contributed by atoms with van der Waals surface area (Å²) in [4.78, 5) is 0. The molecular formula is C12H13F3N2. The fourth-order valence-electron chi connectivity index (χ4n) is 1.83. The number of alkyl halides is 3. The molecule has 1 atom stereocenters. The van der Waals surface area contributed by atoms with Crippen molar-refractivity contribution in [3.05, 3.63) is 36.0 Å². The van der Waals surface area contributed by atoms with Gasteiger partial charge >= 0.3 is 6.18 Å². The highest BCUT2D eigenvalue weighted by atomic mass is 19.4. The van der Waals surface area contributed by atoms with Crippen molar-refractivity contribution < 1.29 is 13.2 Å². The Hall–Kier alpha value is -1.49. The van der Waals surface area contributed by atoms with Crippen LogP contribution in [-0.4, -0.2) is 16.8 Å². The van der Waals surface area contributed by atoms with E-state index in [0.717, 1.165) is 10.9 Å². The Morgan fingerprint density at radius 2 is 2.00 bits per heavy atom. The molecule has 0 aliphatic heterocycles. The second-order valence-electron chi connectivity index (χ2n) is 4.17. The number of rotatable bonds is 2. The molecule has 1 heterocycles. The molecule has 0 fully saturated rings. The maximum absolute atomic E-state index is 12.3. The third kappa shape index (κ3) is 2.44. The van der Waals surface area contributed by atoms with Crippen molar-refractivity contribution in [2.45, 2.75) is 18.6 Å². The molecule has 17 heavy (non-hydrogen) atoms. The molecule has 0 saturated heterocycles. The van der Waals surface area contributed by atoms with E-state index in [9.17, 15) is 13.2 Å². The zero-order chi connectivity index (χ0) is 12.6. The van der Waals surface area contributed by atoms with E-state index in [2.05, 4.69) is 0 Å². The Balaban J connectivity index is 2.25. The molecule has 1 unspecified atom stereocenters. The summed E-state index contributed by atoms with van der Waals surface area (Å²) in [5.74, 6) is 0. The van der Waals surface area contributed by atoms with Crippen LogP contribution in [0.3, 0.4) is 0 Å². The Kier molecular flexibility index (Phi) is 2.87. The zero-order valence-electron chi connectivity index (χ0n) is 9.33. The number of aryl methyl sites for hydroxylation is 1. The summed E-state index contributed by atoms with van der Waals surface area (Å²) < 4.78 is 38.9. The average molecular weight is 242 g/mol. The second kappa shape index (κ2) is 4.07. The highest BCUT2D eigenvalue weighted by molar-refractivity contribution is 5.80. The highest BCUT2D eigenvalue weighted by Crippen LogP contribution is 2.23. The fourth-order valence-corrected chi connectivity index (χ4v) is 1.83. The van der Waals surface area contributed by atoms with E-state index in [0.29, 0.717) is 5.56 Å². The monoisotopic (exact) mass is 242 g/mol. The Labute approximate surface area is 96.8 Å². The minimum atomic E-state index is -4.34. The molecule has 0 amide bonds. The molecule has 0 spiro atoms. The molecule has 2 aromatic rings. The van der Waals surface area contributed by atoms with Crippen LogP contribution in [0, 0.1) is 0 Å². The number of halogens is 3. The number of benzene rings is 1. The third-order valence-electron chi connectivity index (χ3n) is 2.83. The lowest BCUT2D eigenvalue weighted by atomic mass is 10.0. The van der Waals surface area contributed by atoms with Gasteiger partial charge in [-0.1, -0.05) is 6.07 Å². The van der Waals surface area contributed by atoms with Gasteiger partial charge in [-0.25, -0.2) is 0 Å². The van der Waals surface area contributed by atoms with Crippen LogP contribution in [0.4, 0.5) is 13.2 Å². The van der Waals surface area contributed by atoms with Gasteiger partial charge in [0.05, 0.1) is 0 Å². The van der Waals surface area contributed by atoms with E-state index in [1.165, 1.54) is 0 Å². The van der Waals surface area contributed by atoms with Crippen LogP contribution in [0.15, 0.2) is 30.5 Å². The van der Waals surface area contributed by atoms with E-state index in [1.54, 1.807) is 12.1 Å². The van der Waals surface area contributed by atoms with Crippen LogP contribution in [0.5, 0.6) is 0 Å². The van der Waals surface area contributed by atoms with E-state index in [1.807, 2.05) is 29.9 Å². The molecule has 1 aromatic carbocycles. The zero-order valence-corrected chi connectivity index (χ0v) is 9.33. The SMILES string of the molecule is Cn1ccc2cc(CC(N)C(F)(F)F)ccc21. The lowest BCUT2D eigenvalue weighted by Crippen LogP contribution is -2.39. The topological polar surface area (TPSA) is 30.9 Å². The van der Waals surface area contributed by atoms with Gasteiger partial charge < -0.3 is 10.3 Å². The molecule has 2 N–H and O–H groups in total. The van der Waals surface area contributed by atoms with Crippen LogP contribution in [-0.2, 0) is 13.5 Å². The van der Waals surface area contributed by atoms with E-state index in [-0.39, 0.29) is 6.42 Å². The fraction of sp³-hybridized carbons (Fsp3) is 0.333. The Morgan fingerprint density at radius 3 is 2.65 bits per heavy atom. The number of fused-ring (bicyclic) bond motifs is 1. The van der Waals surface area contributed by atoms with Crippen molar-refractivity contribution in [2.75, 3.05) is 0 Å². The molecule has 92 valence electrons. The third-order valence-corrected chi connectivity index (χ3v) is 2.83. The summed E-state index contributed by atoms with van der Waals surface area (Å²) >= 11 is 0. The minimum Gasteiger partial charge on any atom is -0.351 e. The molecule has 0 saturated carbocycles. The minimum absolute atomic E-state index is 0.186. The van der Waals surface area contributed by atoms with Crippen molar-refractivity contribution >= 4 is 10.9 Å². The van der Waals surface area contributed by atoms with E-state index < -0.39 is 12.2 Å². The quantitative estimate of drug-likeness (QED) is 0.862. The lowest BCUT2D eigenvalue weighted by Gasteiger charge is -2.15. The standard InChI is InChI=1S/C12H13F3N2/c1-17-5-4-9-6-8(2-3-10(9)17)7-11(16)12(13,14)15/h2-6,11H,7,16H2,1H3. The molecule has 5 heteroatoms. The number of nitrogens with zero attached hydrogens (tertiary/aromatic N) is 1. The maximum Gasteiger partial charge on any atom is 0.403 e. The van der Waals surface area contributed by atoms with Gasteiger partial charge in [0.25, 0.3) is 0 Å². The van der Waals surface area contributed by atoms with Gasteiger partial charge in [0.15, 0.2) is 0 Å². The first-order valence-electron chi connectivity index (χ1n) is 5.24. The van der Waals surface area contributed by atoms with Gasteiger partial charge in [0.2, 0.25) is 0 Å². The summed E-state index contributed by atoms with van der Waals surface area (Å²) in [6, 6.07) is 5.32. The molecule has 0 aliphatic rings. The van der Waals surface area contributed by atoms with Gasteiger partial charge in [-0.05, 0) is 35.6 Å². The highest BCUT2D eigenvalue weighted by Gasteiger charge is 2.36. The molecule has 0 bridgehead atoms. The summed E-state index contributed by atoms with van der Waals surface area (Å²) in [6.07, 6.45) is -2.65. The van der Waals surface area contributed by atoms with Gasteiger partial charge in [-0.15, -0.1) is 0 Å². The van der Waals surface area contributed by atoms with Gasteiger partial charge in [-0.2, -0.15) is 13.2 Å². The van der Waals surface area contributed by atoms with Crippen LogP contribution in [0.25, 0.3) is 10.9 Å². The molecule has 2 nitrogen and oxygen atoms in total. The van der Waals surface area contributed by atoms with Gasteiger partial charge in [0.1, 0.15) is 6.04 Å². The number of nitrogens with two attached hydrogens (primary N) is 1. The number of aromatic nitrogens is 1. The summed E-state index contributed by atoms with van der Waals surface area (Å²) in [5.41, 5.74) is 6.70. The van der Waals surface area contributed by atoms with Crippen molar-refractivity contribution in [1.82, 2.24) is 4.57 Å². The smallest absolute Gasteiger partial charge is 0.351 e. The molecule has 1 aromatic heterocycles. The average Bonchev–Trinajstić information content (AvgIpc) is 2.59. The normalized spacial score (nSPS) is 14.2. The first-order chi connectivity index (χ1) is 7.88. The van der Waals surface area contributed by atoms with Crippen LogP contribution in [0.2, 0.25) is 0 Å². The van der Waals surface area contributed by atoms with Crippen molar-refractivity contribution in [2.24, 2.45) is 12.8 Å². The van der Waals surface area contributed by atoms with Crippen LogP contribution < -0.4 is 5.73 Å². The molecule has 0 radical (unpaired) electrons. The summed E-state index contributed by atoms with van der Waals surface area (Å²) in [5, 5.41) is 0.930. The predicted octanol–water partition coefficient (Wildman–Crippen LogP) is 2.61. The largest absolute Gasteiger partial charge is 0.403 e. The lowest BCUT2D eigenvalue weighted by molar-refractivity contribution is -0.147. The number of hydrogen-bond acceptors (Lipinski definition) is 1. The van der Waals surface area contributed by atoms with Gasteiger partial charge in [-0.3, -0.25) is 0 Å². The van der Waals surface area contributed by atoms with E-state index in [4.69, 9.17) is 5.73 Å². The van der Waals surface area contributed by atoms with Crippen LogP contribution >= 0.6 is 0 Å². The molecular weight excluding hydrogens is 229 g/mol. The van der Waals surface area contributed by atoms with Gasteiger partial charge in [0, 0.05) is 18.8 Å². The number of hydrogen-bond donors (Lipinski definition) is 1. The van der Waals surface area contributed by atoms with Crippen molar-refractivity contribution in [1.29, 1.82) is 0 Å². The predicted molar refractivity (Wildman–Crippen MR) is 60.7 cm³/mol. The molecule has 2 rings (SSSR count). The second-order valence-corrected chi connectivity index (χ2v) is 4.17. The first-order valence-corrected chi connectivity index (χ1v) is 5.24. The summed E-state index contributed by atoms with van der Waals surface area (Å²) in [6.45, 7) is 0. The van der Waals surface area contributed by atoms with Crippen molar-refractivity contribution in [3.8, 4) is 0 Å². The molecule has 0 aliphatic carbocycles. The Morgan fingerprint density at radius 1 is 1.29 bits per heavy atom. The first kappa shape index (κ1) is 12.0. The van der Waals surface area contributed by atoms with Crippen molar-refractivity contribution in [3.63, 3.8) is 0 Å². The summed E-state index contributed by atoms with van der Waals surface area (Å²) in [7, 11) is 1.89.